The minimum Gasteiger partial charge on any atom is -0.480 e. The highest BCUT2D eigenvalue weighted by atomic mass is 31.2. The van der Waals surface area contributed by atoms with Crippen molar-refractivity contribution in [3.63, 3.8) is 0 Å². The zero-order valence-electron chi connectivity index (χ0n) is 7.94. The van der Waals surface area contributed by atoms with Gasteiger partial charge in [-0.1, -0.05) is 7.43 Å². The molecule has 0 radical (unpaired) electrons. The van der Waals surface area contributed by atoms with Gasteiger partial charge in [-0.05, 0) is 0 Å². The number of rotatable bonds is 4. The minimum atomic E-state index is -4.10. The maximum Gasteiger partial charge on any atom is 0.503 e. The molecule has 0 heterocycles. The van der Waals surface area contributed by atoms with Crippen molar-refractivity contribution in [2.75, 3.05) is 12.8 Å². The molecule has 0 atom stereocenters. The maximum atomic E-state index is 10.1. The first-order valence-corrected chi connectivity index (χ1v) is 5.12. The Kier molecular flexibility index (Phi) is 21.1. The van der Waals surface area contributed by atoms with Gasteiger partial charge in [0.25, 0.3) is 0 Å². The van der Waals surface area contributed by atoms with Gasteiger partial charge in [0, 0.05) is 0 Å². The number of hydrogen-bond acceptors (Lipinski definition) is 5. The molecule has 0 bridgehead atoms. The van der Waals surface area contributed by atoms with E-state index in [0.29, 0.717) is 0 Å². The van der Waals surface area contributed by atoms with Crippen LogP contribution in [0.2, 0.25) is 0 Å². The van der Waals surface area contributed by atoms with E-state index in [1.165, 1.54) is 0 Å². The van der Waals surface area contributed by atoms with E-state index < -0.39 is 32.6 Å². The van der Waals surface area contributed by atoms with E-state index in [2.05, 4.69) is 5.32 Å². The molecule has 0 amide bonds. The van der Waals surface area contributed by atoms with Crippen LogP contribution >= 0.6 is 7.60 Å². The summed E-state index contributed by atoms with van der Waals surface area (Å²) >= 11 is 0. The van der Waals surface area contributed by atoms with E-state index >= 15 is 0 Å². The molecule has 0 aromatic heterocycles. The lowest BCUT2D eigenvalue weighted by Crippen LogP contribution is -2.23. The summed E-state index contributed by atoms with van der Waals surface area (Å²) < 4.78 is 10.1. The average molecular weight is 277 g/mol. The predicted octanol–water partition coefficient (Wildman–Crippen LogP) is -0.531. The minimum absolute atomic E-state index is 0. The third kappa shape index (κ3) is 74.7. The van der Waals surface area contributed by atoms with Gasteiger partial charge in [0.15, 0.2) is 0 Å². The largest absolute Gasteiger partial charge is 0.503 e. The van der Waals surface area contributed by atoms with Crippen LogP contribution in [0.4, 0.5) is 4.79 Å². The van der Waals surface area contributed by atoms with Crippen molar-refractivity contribution in [2.24, 2.45) is 0 Å². The fraction of sp³-hybridized carbons (Fsp3) is 0.500. The number of aliphatic carboxylic acids is 1. The Labute approximate surface area is 97.0 Å². The quantitative estimate of drug-likeness (QED) is 0.365. The molecule has 17 heavy (non-hydrogen) atoms. The molecule has 11 heteroatoms. The fourth-order valence-corrected chi connectivity index (χ4v) is 0.712. The summed E-state index contributed by atoms with van der Waals surface area (Å²) in [5.41, 5.74) is 0. The third-order valence-corrected chi connectivity index (χ3v) is 1.23. The highest BCUT2D eigenvalue weighted by Gasteiger charge is 2.11. The molecule has 104 valence electrons. The second-order valence-electron chi connectivity index (χ2n) is 1.93. The van der Waals surface area contributed by atoms with E-state index in [4.69, 9.17) is 34.7 Å². The van der Waals surface area contributed by atoms with Crippen molar-refractivity contribution in [3.05, 3.63) is 0 Å². The Balaban J connectivity index is -0.000000103. The molecule has 0 fully saturated rings. The summed E-state index contributed by atoms with van der Waals surface area (Å²) in [6.45, 7) is 1.56. The maximum absolute atomic E-state index is 10.1. The van der Waals surface area contributed by atoms with Crippen molar-refractivity contribution in [1.29, 1.82) is 0 Å². The van der Waals surface area contributed by atoms with Crippen LogP contribution in [-0.2, 0) is 14.2 Å². The number of carbonyl (C=O) groups is 3. The molecule has 0 aliphatic carbocycles. The first-order valence-electron chi connectivity index (χ1n) is 3.33. The van der Waals surface area contributed by atoms with Gasteiger partial charge in [-0.25, -0.2) is 4.79 Å². The summed E-state index contributed by atoms with van der Waals surface area (Å²) in [6.07, 6.45) is -2.43. The molecule has 0 aliphatic rings. The predicted molar refractivity (Wildman–Crippen MR) is 57.1 cm³/mol. The molecule has 0 aliphatic heterocycles. The van der Waals surface area contributed by atoms with E-state index in [9.17, 15) is 9.36 Å². The standard InChI is InChI=1S/C3H8NO5P.CH2O3.CH2O.CH4/c5-3(6)1-4-2-10(7,8)9;2-1(3)4;1-2;/h4H,1-2H2,(H,5,6)(H2,7,8,9);(H2,2,3,4);1H2;1H4. The normalized spacial score (nSPS) is 8.35. The Bertz CT molecular complexity index is 246. The number of nitrogens with one attached hydrogen (secondary N) is 1. The molecule has 0 spiro atoms. The van der Waals surface area contributed by atoms with Gasteiger partial charge in [0.2, 0.25) is 0 Å². The smallest absolute Gasteiger partial charge is 0.480 e. The van der Waals surface area contributed by atoms with E-state index in [1.54, 1.807) is 0 Å². The van der Waals surface area contributed by atoms with Gasteiger partial charge in [0.1, 0.15) is 6.79 Å². The summed E-state index contributed by atoms with van der Waals surface area (Å²) in [5.74, 6) is -1.14. The number of carboxylic acids is 1. The number of carboxylic acid groups (broad SMARTS) is 3. The highest BCUT2D eigenvalue weighted by molar-refractivity contribution is 7.51. The Morgan fingerprint density at radius 2 is 1.41 bits per heavy atom. The zero-order valence-corrected chi connectivity index (χ0v) is 8.83. The SMILES string of the molecule is C.C=O.O=C(O)CNCP(=O)(O)O.O=C(O)O. The topological polar surface area (TPSA) is 181 Å². The van der Waals surface area contributed by atoms with Crippen LogP contribution in [0.1, 0.15) is 7.43 Å². The van der Waals surface area contributed by atoms with Crippen LogP contribution < -0.4 is 5.32 Å². The van der Waals surface area contributed by atoms with Crippen LogP contribution in [0, 0.1) is 0 Å². The van der Waals surface area contributed by atoms with Gasteiger partial charge in [-0.3, -0.25) is 14.7 Å². The van der Waals surface area contributed by atoms with Crippen LogP contribution in [0.25, 0.3) is 0 Å². The highest BCUT2D eigenvalue weighted by Crippen LogP contribution is 2.31. The van der Waals surface area contributed by atoms with Crippen LogP contribution in [0.3, 0.4) is 0 Å². The van der Waals surface area contributed by atoms with Crippen molar-refractivity contribution >= 4 is 26.5 Å². The van der Waals surface area contributed by atoms with Crippen molar-refractivity contribution in [3.8, 4) is 0 Å². The van der Waals surface area contributed by atoms with Crippen LogP contribution in [-0.4, -0.2) is 56.9 Å². The monoisotopic (exact) mass is 277 g/mol. The van der Waals surface area contributed by atoms with Gasteiger partial charge < -0.3 is 29.9 Å². The Morgan fingerprint density at radius 1 is 1.12 bits per heavy atom. The van der Waals surface area contributed by atoms with E-state index in [-0.39, 0.29) is 7.43 Å². The molecule has 0 saturated heterocycles. The molecular formula is C6H16NO9P. The van der Waals surface area contributed by atoms with Crippen molar-refractivity contribution < 1.29 is 44.1 Å². The fourth-order valence-electron chi connectivity index (χ4n) is 0.308. The van der Waals surface area contributed by atoms with E-state index in [1.807, 2.05) is 6.79 Å². The van der Waals surface area contributed by atoms with Gasteiger partial charge in [-0.15, -0.1) is 0 Å². The number of hydrogen-bond donors (Lipinski definition) is 6. The number of carbonyl (C=O) groups excluding carboxylic acids is 1. The Hall–Kier alpha value is -1.48. The average Bonchev–Trinajstić information content (AvgIpc) is 2.03. The summed E-state index contributed by atoms with van der Waals surface area (Å²) in [4.78, 5) is 42.7. The molecule has 0 aromatic rings. The van der Waals surface area contributed by atoms with Crippen LogP contribution in [0.5, 0.6) is 0 Å². The summed E-state index contributed by atoms with van der Waals surface area (Å²) in [5, 5.41) is 24.0. The van der Waals surface area contributed by atoms with Crippen molar-refractivity contribution in [1.82, 2.24) is 5.32 Å². The molecule has 0 rings (SSSR count). The van der Waals surface area contributed by atoms with Crippen LogP contribution in [0.15, 0.2) is 0 Å². The van der Waals surface area contributed by atoms with Crippen molar-refractivity contribution in [2.45, 2.75) is 7.43 Å². The Morgan fingerprint density at radius 3 is 1.59 bits per heavy atom. The molecule has 0 saturated carbocycles. The summed E-state index contributed by atoms with van der Waals surface area (Å²) in [6, 6.07) is 0. The summed E-state index contributed by atoms with van der Waals surface area (Å²) in [7, 11) is -4.10. The lowest BCUT2D eigenvalue weighted by Gasteiger charge is -2.02. The second-order valence-corrected chi connectivity index (χ2v) is 3.57. The molecule has 10 nitrogen and oxygen atoms in total. The molecule has 0 aromatic carbocycles. The lowest BCUT2D eigenvalue weighted by molar-refractivity contribution is -0.135. The van der Waals surface area contributed by atoms with Gasteiger partial charge in [-0.2, -0.15) is 0 Å². The van der Waals surface area contributed by atoms with Gasteiger partial charge in [0.05, 0.1) is 12.8 Å². The molecule has 0 unspecified atom stereocenters. The first kappa shape index (κ1) is 24.7. The van der Waals surface area contributed by atoms with Gasteiger partial charge >= 0.3 is 19.7 Å². The lowest BCUT2D eigenvalue weighted by atomic mass is 10.7. The van der Waals surface area contributed by atoms with E-state index in [0.717, 1.165) is 0 Å². The first-order chi connectivity index (χ1) is 7.15. The molecular weight excluding hydrogens is 261 g/mol. The third-order valence-electron chi connectivity index (χ3n) is 0.594. The molecule has 6 N–H and O–H groups in total. The zero-order chi connectivity index (χ0) is 13.8. The second kappa shape index (κ2) is 14.5.